The molecule has 0 bridgehead atoms. The third kappa shape index (κ3) is 3.74. The van der Waals surface area contributed by atoms with Crippen molar-refractivity contribution in [2.75, 3.05) is 13.1 Å². The van der Waals surface area contributed by atoms with E-state index >= 15 is 0 Å². The van der Waals surface area contributed by atoms with Crippen LogP contribution in [0.15, 0.2) is 4.52 Å². The van der Waals surface area contributed by atoms with Gasteiger partial charge in [-0.1, -0.05) is 19.0 Å². The molecule has 6 nitrogen and oxygen atoms in total. The highest BCUT2D eigenvalue weighted by Gasteiger charge is 2.39. The fourth-order valence-corrected chi connectivity index (χ4v) is 4.04. The summed E-state index contributed by atoms with van der Waals surface area (Å²) in [6, 6.07) is 0.797. The second-order valence-electron chi connectivity index (χ2n) is 7.30. The molecular formula is C17H28N4O2. The first kappa shape index (κ1) is 16.4. The number of hydrogen-bond acceptors (Lipinski definition) is 5. The van der Waals surface area contributed by atoms with E-state index in [4.69, 9.17) is 4.52 Å². The van der Waals surface area contributed by atoms with Crippen LogP contribution in [-0.4, -0.2) is 51.0 Å². The van der Waals surface area contributed by atoms with E-state index in [0.29, 0.717) is 18.0 Å². The molecule has 0 saturated carbocycles. The van der Waals surface area contributed by atoms with Crippen LogP contribution in [-0.2, 0) is 17.8 Å². The average molecular weight is 320 g/mol. The predicted molar refractivity (Wildman–Crippen MR) is 86.7 cm³/mol. The van der Waals surface area contributed by atoms with Gasteiger partial charge in [-0.25, -0.2) is 0 Å². The van der Waals surface area contributed by atoms with Gasteiger partial charge >= 0.3 is 0 Å². The van der Waals surface area contributed by atoms with Crippen molar-refractivity contribution in [2.24, 2.45) is 5.92 Å². The lowest BCUT2D eigenvalue weighted by atomic mass is 10.0. The summed E-state index contributed by atoms with van der Waals surface area (Å²) in [7, 11) is 0. The minimum Gasteiger partial charge on any atom is -0.339 e. The van der Waals surface area contributed by atoms with Crippen LogP contribution < -0.4 is 0 Å². The molecule has 2 saturated heterocycles. The molecule has 3 heterocycles. The molecule has 1 aromatic heterocycles. The van der Waals surface area contributed by atoms with Crippen molar-refractivity contribution in [2.45, 2.75) is 71.5 Å². The maximum Gasteiger partial charge on any atom is 0.226 e. The van der Waals surface area contributed by atoms with Crippen molar-refractivity contribution in [1.82, 2.24) is 19.9 Å². The molecule has 2 atom stereocenters. The van der Waals surface area contributed by atoms with E-state index in [9.17, 15) is 4.79 Å². The summed E-state index contributed by atoms with van der Waals surface area (Å²) < 4.78 is 5.35. The fourth-order valence-electron chi connectivity index (χ4n) is 4.04. The summed E-state index contributed by atoms with van der Waals surface area (Å²) >= 11 is 0. The lowest BCUT2D eigenvalue weighted by molar-refractivity contribution is -0.130. The Bertz CT molecular complexity index is 542. The van der Waals surface area contributed by atoms with Crippen LogP contribution in [0.2, 0.25) is 0 Å². The third-order valence-corrected chi connectivity index (χ3v) is 5.00. The van der Waals surface area contributed by atoms with Gasteiger partial charge in [-0.05, 0) is 38.1 Å². The largest absolute Gasteiger partial charge is 0.339 e. The minimum absolute atomic E-state index is 0.207. The normalized spacial score (nSPS) is 25.7. The number of carbonyl (C=O) groups is 1. The smallest absolute Gasteiger partial charge is 0.226 e. The van der Waals surface area contributed by atoms with E-state index in [1.807, 2.05) is 0 Å². The Morgan fingerprint density at radius 2 is 2.00 bits per heavy atom. The summed E-state index contributed by atoms with van der Waals surface area (Å²) in [5, 5.41) is 4.14. The van der Waals surface area contributed by atoms with Gasteiger partial charge in [0.1, 0.15) is 0 Å². The topological polar surface area (TPSA) is 62.5 Å². The maximum absolute atomic E-state index is 11.9. The van der Waals surface area contributed by atoms with Gasteiger partial charge in [0.25, 0.3) is 0 Å². The van der Waals surface area contributed by atoms with Crippen molar-refractivity contribution >= 4 is 5.91 Å². The molecule has 1 aromatic rings. The first-order valence-electron chi connectivity index (χ1n) is 8.87. The lowest BCUT2D eigenvalue weighted by Gasteiger charge is -2.34. The Hall–Kier alpha value is -1.43. The van der Waals surface area contributed by atoms with E-state index < -0.39 is 0 Å². The molecule has 0 N–H and O–H groups in total. The molecule has 0 aromatic carbocycles. The molecule has 3 rings (SSSR count). The van der Waals surface area contributed by atoms with Gasteiger partial charge < -0.3 is 9.42 Å². The van der Waals surface area contributed by atoms with Crippen molar-refractivity contribution in [3.8, 4) is 0 Å². The maximum atomic E-state index is 11.9. The quantitative estimate of drug-likeness (QED) is 0.832. The van der Waals surface area contributed by atoms with Gasteiger partial charge in [-0.3, -0.25) is 9.69 Å². The molecule has 1 amide bonds. The number of hydrogen-bond donors (Lipinski definition) is 0. The third-order valence-electron chi connectivity index (χ3n) is 5.00. The highest BCUT2D eigenvalue weighted by Crippen LogP contribution is 2.30. The second-order valence-corrected chi connectivity index (χ2v) is 7.30. The molecule has 6 heteroatoms. The summed E-state index contributed by atoms with van der Waals surface area (Å²) in [4.78, 5) is 20.9. The number of amides is 1. The summed E-state index contributed by atoms with van der Waals surface area (Å²) in [6.07, 6.45) is 5.41. The van der Waals surface area contributed by atoms with Crippen LogP contribution in [0.25, 0.3) is 0 Å². The van der Waals surface area contributed by atoms with Crippen LogP contribution in [0.3, 0.4) is 0 Å². The first-order valence-corrected chi connectivity index (χ1v) is 8.87. The van der Waals surface area contributed by atoms with Crippen molar-refractivity contribution in [3.63, 3.8) is 0 Å². The molecule has 128 valence electrons. The molecule has 0 unspecified atom stereocenters. The first-order chi connectivity index (χ1) is 11.0. The molecule has 2 fully saturated rings. The van der Waals surface area contributed by atoms with Gasteiger partial charge in [0.2, 0.25) is 11.8 Å². The summed E-state index contributed by atoms with van der Waals surface area (Å²) in [5.41, 5.74) is 0. The van der Waals surface area contributed by atoms with E-state index in [1.165, 1.54) is 6.42 Å². The molecule has 2 aliphatic heterocycles. The van der Waals surface area contributed by atoms with Gasteiger partial charge in [-0.2, -0.15) is 4.98 Å². The van der Waals surface area contributed by atoms with E-state index in [2.05, 4.69) is 33.8 Å². The second kappa shape index (κ2) is 6.99. The predicted octanol–water partition coefficient (Wildman–Crippen LogP) is 2.24. The zero-order valence-corrected chi connectivity index (χ0v) is 14.5. The number of nitrogens with zero attached hydrogens (tertiary/aromatic N) is 4. The van der Waals surface area contributed by atoms with Crippen LogP contribution >= 0.6 is 0 Å². The van der Waals surface area contributed by atoms with Gasteiger partial charge in [-0.15, -0.1) is 0 Å². The Kier molecular flexibility index (Phi) is 4.99. The van der Waals surface area contributed by atoms with Crippen molar-refractivity contribution < 1.29 is 9.32 Å². The zero-order chi connectivity index (χ0) is 16.4. The summed E-state index contributed by atoms with van der Waals surface area (Å²) in [6.45, 7) is 8.68. The molecular weight excluding hydrogens is 292 g/mol. The molecule has 0 spiro atoms. The highest BCUT2D eigenvalue weighted by molar-refractivity contribution is 5.74. The van der Waals surface area contributed by atoms with Crippen molar-refractivity contribution in [1.29, 1.82) is 0 Å². The molecule has 2 aliphatic rings. The van der Waals surface area contributed by atoms with Crippen LogP contribution in [0.4, 0.5) is 0 Å². The van der Waals surface area contributed by atoms with Crippen LogP contribution in [0, 0.1) is 5.92 Å². The molecule has 0 radical (unpaired) electrons. The SMILES string of the molecule is CC(=O)N1CCC[C@H]1[C@H]1CCCN1Cc1noc(CC(C)C)n1. The Morgan fingerprint density at radius 1 is 1.26 bits per heavy atom. The molecule has 23 heavy (non-hydrogen) atoms. The standard InChI is InChI=1S/C17H28N4O2/c1-12(2)10-17-18-16(19-23-17)11-20-8-4-6-14(20)15-7-5-9-21(15)13(3)22/h12,14-15H,4-11H2,1-3H3/t14-,15+/m1/s1. The van der Waals surface area contributed by atoms with Gasteiger partial charge in [0, 0.05) is 32.0 Å². The monoisotopic (exact) mass is 320 g/mol. The van der Waals surface area contributed by atoms with Gasteiger partial charge in [0.05, 0.1) is 6.54 Å². The summed E-state index contributed by atoms with van der Waals surface area (Å²) in [5.74, 6) is 2.24. The minimum atomic E-state index is 0.207. The van der Waals surface area contributed by atoms with E-state index in [0.717, 1.165) is 57.0 Å². The molecule has 0 aliphatic carbocycles. The number of carbonyl (C=O) groups excluding carboxylic acids is 1. The van der Waals surface area contributed by atoms with Crippen LogP contribution in [0.5, 0.6) is 0 Å². The number of aromatic nitrogens is 2. The highest BCUT2D eigenvalue weighted by atomic mass is 16.5. The average Bonchev–Trinajstić information content (AvgIpc) is 3.18. The fraction of sp³-hybridized carbons (Fsp3) is 0.824. The van der Waals surface area contributed by atoms with Crippen molar-refractivity contribution in [3.05, 3.63) is 11.7 Å². The van der Waals surface area contributed by atoms with Gasteiger partial charge in [0.15, 0.2) is 5.82 Å². The Morgan fingerprint density at radius 3 is 2.74 bits per heavy atom. The number of rotatable bonds is 5. The Labute approximate surface area is 138 Å². The van der Waals surface area contributed by atoms with Crippen LogP contribution in [0.1, 0.15) is 58.2 Å². The zero-order valence-electron chi connectivity index (χ0n) is 14.5. The lowest BCUT2D eigenvalue weighted by Crippen LogP contribution is -2.47. The number of likely N-dealkylation sites (tertiary alicyclic amines) is 2. The van der Waals surface area contributed by atoms with E-state index in [1.54, 1.807) is 6.92 Å². The Balaban J connectivity index is 1.65. The van der Waals surface area contributed by atoms with E-state index in [-0.39, 0.29) is 5.91 Å².